The second-order valence-electron chi connectivity index (χ2n) is 10.8. The van der Waals surface area contributed by atoms with Gasteiger partial charge >= 0.3 is 0 Å². The second kappa shape index (κ2) is 9.33. The molecule has 6 nitrogen and oxygen atoms in total. The molecule has 0 radical (unpaired) electrons. The van der Waals surface area contributed by atoms with Gasteiger partial charge in [-0.2, -0.15) is 5.26 Å². The second-order valence-corrected chi connectivity index (χ2v) is 11.8. The molecule has 5 aromatic carbocycles. The van der Waals surface area contributed by atoms with E-state index in [1.165, 1.54) is 0 Å². The monoisotopic (exact) mass is 584 g/mol. The van der Waals surface area contributed by atoms with Gasteiger partial charge in [-0.15, -0.1) is 11.3 Å². The summed E-state index contributed by atoms with van der Waals surface area (Å²) in [5.74, 6) is 0.146. The first-order valence-corrected chi connectivity index (χ1v) is 14.9. The predicted molar refractivity (Wildman–Crippen MR) is 179 cm³/mol. The van der Waals surface area contributed by atoms with E-state index in [1.54, 1.807) is 24.6 Å². The van der Waals surface area contributed by atoms with Gasteiger partial charge in [-0.05, 0) is 76.9 Å². The normalized spacial score (nSPS) is 12.1. The van der Waals surface area contributed by atoms with Crippen LogP contribution in [0, 0.1) is 11.3 Å². The molecule has 0 saturated heterocycles. The number of furan rings is 2. The van der Waals surface area contributed by atoms with Crippen molar-refractivity contribution >= 4 is 81.7 Å². The Morgan fingerprint density at radius 3 is 2.02 bits per heavy atom. The molecule has 0 atom stereocenters. The van der Waals surface area contributed by atoms with Gasteiger partial charge in [0.1, 0.15) is 33.2 Å². The van der Waals surface area contributed by atoms with Crippen molar-refractivity contribution in [2.75, 3.05) is 7.05 Å². The van der Waals surface area contributed by atoms with E-state index >= 15 is 0 Å². The number of nitriles is 1. The fourth-order valence-electron chi connectivity index (χ4n) is 6.19. The lowest BCUT2D eigenvalue weighted by Gasteiger charge is -2.04. The van der Waals surface area contributed by atoms with Crippen molar-refractivity contribution in [3.05, 3.63) is 109 Å². The zero-order valence-electron chi connectivity index (χ0n) is 23.3. The smallest absolute Gasteiger partial charge is 0.234 e. The maximum absolute atomic E-state index is 9.41. The van der Waals surface area contributed by atoms with Gasteiger partial charge in [0.05, 0.1) is 5.69 Å². The van der Waals surface area contributed by atoms with Crippen LogP contribution in [0.2, 0.25) is 0 Å². The van der Waals surface area contributed by atoms with Crippen LogP contribution in [0.1, 0.15) is 11.5 Å². The maximum atomic E-state index is 9.41. The maximum Gasteiger partial charge on any atom is 0.234 e. The number of aliphatic imine (C=N–C) groups is 1. The highest BCUT2D eigenvalue weighted by molar-refractivity contribution is 7.25. The average Bonchev–Trinajstić information content (AvgIpc) is 3.74. The summed E-state index contributed by atoms with van der Waals surface area (Å²) in [7, 11) is 1.70. The molecule has 0 fully saturated rings. The van der Waals surface area contributed by atoms with Gasteiger partial charge in [0.2, 0.25) is 5.82 Å². The Bertz CT molecular complexity index is 2710. The molecule has 0 bridgehead atoms. The minimum atomic E-state index is 0.146. The van der Waals surface area contributed by atoms with Crippen molar-refractivity contribution in [3.63, 3.8) is 0 Å². The molecule has 7 heteroatoms. The lowest BCUT2D eigenvalue weighted by Crippen LogP contribution is -1.95. The molecular formula is C37H20N4O2S. The van der Waals surface area contributed by atoms with Crippen LogP contribution in [0.15, 0.2) is 111 Å². The summed E-state index contributed by atoms with van der Waals surface area (Å²) in [6, 6.07) is 35.7. The number of hydrogen-bond donors (Lipinski definition) is 0. The summed E-state index contributed by atoms with van der Waals surface area (Å²) in [4.78, 5) is 13.8. The van der Waals surface area contributed by atoms with Crippen molar-refractivity contribution in [1.29, 1.82) is 5.26 Å². The number of hydrogen-bond acceptors (Lipinski definition) is 7. The van der Waals surface area contributed by atoms with E-state index in [1.807, 2.05) is 18.2 Å². The first-order valence-electron chi connectivity index (χ1n) is 14.1. The van der Waals surface area contributed by atoms with Crippen molar-refractivity contribution in [2.45, 2.75) is 0 Å². The fraction of sp³-hybridized carbons (Fsp3) is 0.0270. The van der Waals surface area contributed by atoms with Gasteiger partial charge < -0.3 is 8.83 Å². The van der Waals surface area contributed by atoms with Crippen LogP contribution in [0.5, 0.6) is 0 Å². The first-order chi connectivity index (χ1) is 21.7. The largest absolute Gasteiger partial charge is 0.456 e. The molecule has 0 N–H and O–H groups in total. The molecule has 9 rings (SSSR count). The Morgan fingerprint density at radius 2 is 1.27 bits per heavy atom. The molecule has 0 unspecified atom stereocenters. The average molecular weight is 585 g/mol. The van der Waals surface area contributed by atoms with Crippen LogP contribution in [0.3, 0.4) is 0 Å². The lowest BCUT2D eigenvalue weighted by molar-refractivity contribution is 0.668. The van der Waals surface area contributed by atoms with E-state index in [0.717, 1.165) is 86.4 Å². The number of aromatic nitrogens is 2. The molecule has 0 amide bonds. The third-order valence-corrected chi connectivity index (χ3v) is 9.29. The van der Waals surface area contributed by atoms with Gasteiger partial charge in [-0.25, -0.2) is 9.97 Å². The summed E-state index contributed by atoms with van der Waals surface area (Å²) < 4.78 is 13.5. The summed E-state index contributed by atoms with van der Waals surface area (Å²) in [6.45, 7) is 0. The predicted octanol–water partition coefficient (Wildman–Crippen LogP) is 9.90. The molecule has 0 aliphatic rings. The molecule has 0 aliphatic heterocycles. The van der Waals surface area contributed by atoms with Crippen LogP contribution in [-0.2, 0) is 0 Å². The van der Waals surface area contributed by atoms with Gasteiger partial charge in [0.15, 0.2) is 0 Å². The summed E-state index contributed by atoms with van der Waals surface area (Å²) in [5.41, 5.74) is 8.49. The Labute approximate surface area is 254 Å². The zero-order chi connectivity index (χ0) is 29.4. The third-order valence-electron chi connectivity index (χ3n) is 8.23. The van der Waals surface area contributed by atoms with E-state index in [0.29, 0.717) is 5.69 Å². The van der Waals surface area contributed by atoms with E-state index < -0.39 is 0 Å². The topological polar surface area (TPSA) is 88.2 Å². The number of para-hydroxylation sites is 1. The molecular weight excluding hydrogens is 565 g/mol. The molecule has 4 aromatic heterocycles. The molecule has 4 heterocycles. The highest BCUT2D eigenvalue weighted by Gasteiger charge is 2.16. The Kier molecular flexibility index (Phi) is 5.24. The molecule has 9 aromatic rings. The van der Waals surface area contributed by atoms with Gasteiger partial charge in [-0.1, -0.05) is 42.5 Å². The number of rotatable bonds is 3. The third kappa shape index (κ3) is 3.68. The minimum absolute atomic E-state index is 0.146. The Morgan fingerprint density at radius 1 is 0.659 bits per heavy atom. The van der Waals surface area contributed by atoms with Gasteiger partial charge in [0.25, 0.3) is 0 Å². The van der Waals surface area contributed by atoms with E-state index in [-0.39, 0.29) is 5.82 Å². The van der Waals surface area contributed by atoms with E-state index in [2.05, 4.69) is 99.9 Å². The van der Waals surface area contributed by atoms with Gasteiger partial charge in [-0.3, -0.25) is 4.99 Å². The molecule has 44 heavy (non-hydrogen) atoms. The summed E-state index contributed by atoms with van der Waals surface area (Å²) in [6.07, 6.45) is 1.69. The van der Waals surface area contributed by atoms with Crippen molar-refractivity contribution in [3.8, 4) is 28.3 Å². The van der Waals surface area contributed by atoms with Crippen LogP contribution in [-0.4, -0.2) is 23.2 Å². The van der Waals surface area contributed by atoms with Crippen molar-refractivity contribution in [2.24, 2.45) is 4.99 Å². The highest BCUT2D eigenvalue weighted by Crippen LogP contribution is 2.39. The quantitative estimate of drug-likeness (QED) is 0.193. The molecule has 0 spiro atoms. The van der Waals surface area contributed by atoms with Crippen molar-refractivity contribution < 1.29 is 8.83 Å². The SMILES string of the molecule is CN=Cc1nc(C#N)nc2sc3ccc(-c4ccc5c(c4)oc4ccc(-c6ccc7oc8ccccc8c7c6)cc45)cc3c12. The first kappa shape index (κ1) is 24.7. The van der Waals surface area contributed by atoms with E-state index in [9.17, 15) is 5.26 Å². The van der Waals surface area contributed by atoms with Crippen LogP contribution < -0.4 is 0 Å². The van der Waals surface area contributed by atoms with Gasteiger partial charge in [0, 0.05) is 50.3 Å². The highest BCUT2D eigenvalue weighted by atomic mass is 32.1. The molecule has 0 aliphatic carbocycles. The Balaban J connectivity index is 1.15. The fourth-order valence-corrected chi connectivity index (χ4v) is 7.25. The van der Waals surface area contributed by atoms with Crippen molar-refractivity contribution in [1.82, 2.24) is 9.97 Å². The lowest BCUT2D eigenvalue weighted by atomic mass is 9.99. The summed E-state index contributed by atoms with van der Waals surface area (Å²) in [5, 5.41) is 15.7. The summed E-state index contributed by atoms with van der Waals surface area (Å²) >= 11 is 1.55. The molecule has 206 valence electrons. The van der Waals surface area contributed by atoms with E-state index in [4.69, 9.17) is 8.83 Å². The zero-order valence-corrected chi connectivity index (χ0v) is 24.1. The number of fused-ring (bicyclic) bond motifs is 9. The van der Waals surface area contributed by atoms with Crippen LogP contribution in [0.25, 0.3) is 86.4 Å². The Hall–Kier alpha value is -5.84. The molecule has 0 saturated carbocycles. The number of thiophene rings is 1. The minimum Gasteiger partial charge on any atom is -0.456 e. The van der Waals surface area contributed by atoms with Crippen LogP contribution >= 0.6 is 11.3 Å². The number of nitrogens with zero attached hydrogens (tertiary/aromatic N) is 4. The number of benzene rings is 5. The van der Waals surface area contributed by atoms with Crippen LogP contribution in [0.4, 0.5) is 0 Å². The standard InChI is InChI=1S/C37H20N4O2S/c1-39-19-29-36-28-16-22(9-13-34(28)44-37(36)41-35(18-38)40-29)23-6-10-25-27-15-21(8-12-32(27)43-33(25)17-23)20-7-11-31-26(14-20)24-4-2-3-5-30(24)42-31/h2-17,19H,1H3.